The molecular formula is C27H50P2Pd. The second-order valence-electron chi connectivity index (χ2n) is 11.0. The SMILES string of the molecule is CCC(P(C1CCCCC1)C1CCCCC1)P(C1CCCCC1)C1CCCCC1.[Pd]. The Morgan fingerprint density at radius 2 is 0.700 bits per heavy atom. The summed E-state index contributed by atoms with van der Waals surface area (Å²) in [5.74, 6) is 0. The molecule has 0 saturated heterocycles. The van der Waals surface area contributed by atoms with E-state index in [0.717, 1.165) is 0 Å². The fraction of sp³-hybridized carbons (Fsp3) is 1.00. The van der Waals surface area contributed by atoms with Crippen LogP contribution in [0.5, 0.6) is 0 Å². The van der Waals surface area contributed by atoms with E-state index in [1.54, 1.807) is 135 Å². The maximum atomic E-state index is 2.65. The van der Waals surface area contributed by atoms with Gasteiger partial charge in [-0.05, 0) is 80.4 Å². The van der Waals surface area contributed by atoms with Crippen molar-refractivity contribution in [1.29, 1.82) is 0 Å². The maximum absolute atomic E-state index is 2.65. The van der Waals surface area contributed by atoms with Crippen molar-refractivity contribution >= 4 is 15.8 Å². The molecule has 0 atom stereocenters. The molecular weight excluding hydrogens is 493 g/mol. The first-order valence-electron chi connectivity index (χ1n) is 13.9. The van der Waals surface area contributed by atoms with Crippen LogP contribution in [0.15, 0.2) is 0 Å². The Morgan fingerprint density at radius 1 is 0.467 bits per heavy atom. The van der Waals surface area contributed by atoms with E-state index in [1.807, 2.05) is 0 Å². The fourth-order valence-corrected chi connectivity index (χ4v) is 19.0. The predicted octanol–water partition coefficient (Wildman–Crippen LogP) is 10.0. The summed E-state index contributed by atoms with van der Waals surface area (Å²) >= 11 is 0. The summed E-state index contributed by atoms with van der Waals surface area (Å²) in [6, 6.07) is 0. The van der Waals surface area contributed by atoms with Crippen LogP contribution in [-0.2, 0) is 20.4 Å². The molecule has 0 aromatic rings. The average Bonchev–Trinajstić information content (AvgIpc) is 2.81. The minimum absolute atomic E-state index is 0. The minimum atomic E-state index is 0. The summed E-state index contributed by atoms with van der Waals surface area (Å²) in [5, 5.41) is 1.19. The van der Waals surface area contributed by atoms with Gasteiger partial charge in [-0.2, -0.15) is 0 Å². The molecule has 4 rings (SSSR count). The molecule has 0 amide bonds. The molecule has 4 saturated carbocycles. The molecule has 0 heterocycles. The van der Waals surface area contributed by atoms with Crippen molar-refractivity contribution in [3.8, 4) is 0 Å². The summed E-state index contributed by atoms with van der Waals surface area (Å²) in [7, 11) is 0.559. The quantitative estimate of drug-likeness (QED) is 0.222. The van der Waals surface area contributed by atoms with Crippen LogP contribution in [0.1, 0.15) is 142 Å². The van der Waals surface area contributed by atoms with E-state index in [1.165, 1.54) is 28.0 Å². The van der Waals surface area contributed by atoms with E-state index in [2.05, 4.69) is 6.92 Å². The van der Waals surface area contributed by atoms with Crippen molar-refractivity contribution in [2.45, 2.75) is 170 Å². The van der Waals surface area contributed by atoms with Crippen molar-refractivity contribution in [3.05, 3.63) is 0 Å². The molecule has 0 aromatic carbocycles. The molecule has 30 heavy (non-hydrogen) atoms. The third-order valence-electron chi connectivity index (χ3n) is 9.04. The van der Waals surface area contributed by atoms with E-state index in [-0.39, 0.29) is 36.3 Å². The molecule has 4 aliphatic carbocycles. The summed E-state index contributed by atoms with van der Waals surface area (Å²) in [5.41, 5.74) is 4.68. The zero-order valence-corrected chi connectivity index (χ0v) is 23.3. The largest absolute Gasteiger partial charge is 0.0927 e. The second-order valence-corrected chi connectivity index (χ2v) is 17.3. The second kappa shape index (κ2) is 14.0. The van der Waals surface area contributed by atoms with E-state index in [0.29, 0.717) is 0 Å². The van der Waals surface area contributed by atoms with Crippen LogP contribution < -0.4 is 0 Å². The average molecular weight is 543 g/mol. The summed E-state index contributed by atoms with van der Waals surface area (Å²) < 4.78 is 0. The maximum Gasteiger partial charge on any atom is 0.000148 e. The summed E-state index contributed by atoms with van der Waals surface area (Å²) in [4.78, 5) is 0. The Bertz CT molecular complexity index is 370. The van der Waals surface area contributed by atoms with Gasteiger partial charge in [0.2, 0.25) is 0 Å². The van der Waals surface area contributed by atoms with Crippen LogP contribution in [0.2, 0.25) is 0 Å². The van der Waals surface area contributed by atoms with Gasteiger partial charge in [0.05, 0.1) is 0 Å². The standard InChI is InChI=1S/C27H50P2.Pd/c1-2-27(28(23-15-7-3-8-16-23)24-17-9-4-10-18-24)29(25-19-11-5-12-20-25)26-21-13-6-14-22-26;/h23-27H,2-22H2,1H3;. The Labute approximate surface area is 205 Å². The van der Waals surface area contributed by atoms with Crippen molar-refractivity contribution in [3.63, 3.8) is 0 Å². The molecule has 0 unspecified atom stereocenters. The van der Waals surface area contributed by atoms with Gasteiger partial charge in [-0.25, -0.2) is 0 Å². The molecule has 0 spiro atoms. The third-order valence-corrected chi connectivity index (χ3v) is 18.2. The van der Waals surface area contributed by atoms with Crippen molar-refractivity contribution in [2.24, 2.45) is 0 Å². The van der Waals surface area contributed by atoms with Crippen molar-refractivity contribution in [1.82, 2.24) is 0 Å². The van der Waals surface area contributed by atoms with Gasteiger partial charge in [-0.15, -0.1) is 0 Å². The summed E-state index contributed by atoms with van der Waals surface area (Å²) in [6.45, 7) is 2.65. The minimum Gasteiger partial charge on any atom is -0.0927 e. The summed E-state index contributed by atoms with van der Waals surface area (Å²) in [6.07, 6.45) is 33.2. The van der Waals surface area contributed by atoms with Gasteiger partial charge < -0.3 is 0 Å². The Kier molecular flexibility index (Phi) is 12.2. The number of hydrogen-bond acceptors (Lipinski definition) is 0. The normalized spacial score (nSPS) is 26.4. The van der Waals surface area contributed by atoms with Crippen LogP contribution in [0.25, 0.3) is 0 Å². The smallest absolute Gasteiger partial charge is 0.000148 e. The van der Waals surface area contributed by atoms with E-state index < -0.39 is 0 Å². The third kappa shape index (κ3) is 6.78. The Hall–Kier alpha value is 1.52. The van der Waals surface area contributed by atoms with Crippen LogP contribution in [0, 0.1) is 0 Å². The molecule has 3 heteroatoms. The van der Waals surface area contributed by atoms with Gasteiger partial charge in [0, 0.05) is 25.8 Å². The van der Waals surface area contributed by atoms with Crippen LogP contribution in [0.4, 0.5) is 0 Å². The van der Waals surface area contributed by atoms with Gasteiger partial charge in [0.25, 0.3) is 0 Å². The van der Waals surface area contributed by atoms with E-state index >= 15 is 0 Å². The van der Waals surface area contributed by atoms with Gasteiger partial charge in [0.1, 0.15) is 0 Å². The first kappa shape index (κ1) is 26.1. The Morgan fingerprint density at radius 3 is 0.900 bits per heavy atom. The number of hydrogen-bond donors (Lipinski definition) is 0. The molecule has 0 aliphatic heterocycles. The predicted molar refractivity (Wildman–Crippen MR) is 135 cm³/mol. The molecule has 0 N–H and O–H groups in total. The topological polar surface area (TPSA) is 0 Å². The fourth-order valence-electron chi connectivity index (χ4n) is 7.66. The van der Waals surface area contributed by atoms with Gasteiger partial charge in [0.15, 0.2) is 0 Å². The van der Waals surface area contributed by atoms with Crippen LogP contribution in [0.3, 0.4) is 0 Å². The molecule has 0 aromatic heterocycles. The van der Waals surface area contributed by atoms with Gasteiger partial charge in [-0.3, -0.25) is 0 Å². The van der Waals surface area contributed by atoms with Crippen molar-refractivity contribution < 1.29 is 20.4 Å². The van der Waals surface area contributed by atoms with Gasteiger partial charge in [-0.1, -0.05) is 99.8 Å². The van der Waals surface area contributed by atoms with Crippen molar-refractivity contribution in [2.75, 3.05) is 0 Å². The van der Waals surface area contributed by atoms with E-state index in [4.69, 9.17) is 0 Å². The number of rotatable bonds is 7. The monoisotopic (exact) mass is 542 g/mol. The molecule has 0 radical (unpaired) electrons. The first-order chi connectivity index (χ1) is 14.4. The van der Waals surface area contributed by atoms with Crippen LogP contribution in [-0.4, -0.2) is 28.0 Å². The Balaban J connectivity index is 0.00000256. The molecule has 0 bridgehead atoms. The first-order valence-corrected chi connectivity index (χ1v) is 17.0. The zero-order valence-electron chi connectivity index (χ0n) is 19.9. The van der Waals surface area contributed by atoms with Crippen LogP contribution >= 0.6 is 15.8 Å². The molecule has 4 fully saturated rings. The van der Waals surface area contributed by atoms with Gasteiger partial charge >= 0.3 is 0 Å². The molecule has 0 nitrogen and oxygen atoms in total. The van der Waals surface area contributed by atoms with E-state index in [9.17, 15) is 0 Å². The molecule has 4 aliphatic rings. The zero-order chi connectivity index (χ0) is 19.9. The molecule has 178 valence electrons.